The molecule has 3 saturated heterocycles. The Morgan fingerprint density at radius 2 is 2.06 bits per heavy atom. The molecule has 4 heterocycles. The third kappa shape index (κ3) is 5.44. The molecule has 174 valence electrons. The Labute approximate surface area is 192 Å². The second-order valence-electron chi connectivity index (χ2n) is 8.49. The van der Waals surface area contributed by atoms with Crippen molar-refractivity contribution in [1.29, 1.82) is 0 Å². The van der Waals surface area contributed by atoms with E-state index in [-0.39, 0.29) is 25.4 Å². The van der Waals surface area contributed by atoms with Crippen LogP contribution in [0.5, 0.6) is 0 Å². The van der Waals surface area contributed by atoms with Gasteiger partial charge < -0.3 is 15.0 Å². The van der Waals surface area contributed by atoms with Crippen LogP contribution in [0.4, 0.5) is 20.5 Å². The number of aromatic nitrogens is 2. The van der Waals surface area contributed by atoms with Crippen LogP contribution in [0.1, 0.15) is 37.8 Å². The van der Waals surface area contributed by atoms with E-state index in [2.05, 4.69) is 26.9 Å². The minimum absolute atomic E-state index is 0.193. The van der Waals surface area contributed by atoms with Gasteiger partial charge in [0.2, 0.25) is 5.95 Å². The SMILES string of the molecule is C=N/C(=C\C(Cl)=C/C)Nc1cc(C2CCN(C3COC3)CC2)nc(N2CCC(F)(F)C2)n1. The number of rotatable bonds is 7. The van der Waals surface area contributed by atoms with Crippen LogP contribution in [0.15, 0.2) is 34.1 Å². The van der Waals surface area contributed by atoms with Crippen molar-refractivity contribution in [2.75, 3.05) is 49.6 Å². The summed E-state index contributed by atoms with van der Waals surface area (Å²) in [5.41, 5.74) is 0.859. The summed E-state index contributed by atoms with van der Waals surface area (Å²) in [6.07, 6.45) is 5.09. The molecule has 0 radical (unpaired) electrons. The Bertz CT molecular complexity index is 896. The van der Waals surface area contributed by atoms with Crippen LogP contribution in [0.2, 0.25) is 0 Å². The summed E-state index contributed by atoms with van der Waals surface area (Å²) in [4.78, 5) is 17.2. The van der Waals surface area contributed by atoms with Crippen LogP contribution in [-0.2, 0) is 4.74 Å². The number of aliphatic imine (C=N–C) groups is 1. The van der Waals surface area contributed by atoms with E-state index in [1.807, 2.05) is 13.0 Å². The number of ether oxygens (including phenoxy) is 1. The van der Waals surface area contributed by atoms with E-state index in [1.54, 1.807) is 17.1 Å². The second kappa shape index (κ2) is 9.80. The highest BCUT2D eigenvalue weighted by Gasteiger charge is 2.40. The minimum atomic E-state index is -2.73. The third-order valence-corrected chi connectivity index (χ3v) is 6.58. The molecule has 0 amide bonds. The molecule has 4 rings (SSSR count). The number of hydrogen-bond donors (Lipinski definition) is 1. The molecule has 7 nitrogen and oxygen atoms in total. The Kier molecular flexibility index (Phi) is 7.07. The lowest BCUT2D eigenvalue weighted by Crippen LogP contribution is -2.51. The van der Waals surface area contributed by atoms with Crippen molar-refractivity contribution < 1.29 is 13.5 Å². The summed E-state index contributed by atoms with van der Waals surface area (Å²) in [5, 5.41) is 3.62. The molecule has 1 N–H and O–H groups in total. The van der Waals surface area contributed by atoms with Crippen molar-refractivity contribution in [3.8, 4) is 0 Å². The number of anilines is 2. The first kappa shape index (κ1) is 23.1. The molecule has 1 aromatic rings. The fourth-order valence-corrected chi connectivity index (χ4v) is 4.34. The largest absolute Gasteiger partial charge is 0.378 e. The summed E-state index contributed by atoms with van der Waals surface area (Å²) in [5.74, 6) is -1.25. The number of piperidine rings is 1. The zero-order valence-corrected chi connectivity index (χ0v) is 19.0. The van der Waals surface area contributed by atoms with E-state index in [9.17, 15) is 8.78 Å². The van der Waals surface area contributed by atoms with E-state index in [0.717, 1.165) is 44.8 Å². The Morgan fingerprint density at radius 3 is 2.62 bits per heavy atom. The minimum Gasteiger partial charge on any atom is -0.378 e. The maximum Gasteiger partial charge on any atom is 0.267 e. The van der Waals surface area contributed by atoms with Crippen LogP contribution < -0.4 is 10.2 Å². The molecule has 0 saturated carbocycles. The van der Waals surface area contributed by atoms with E-state index >= 15 is 0 Å². The molecular formula is C22H29ClF2N6O. The molecule has 32 heavy (non-hydrogen) atoms. The van der Waals surface area contributed by atoms with Gasteiger partial charge in [-0.05, 0) is 45.6 Å². The van der Waals surface area contributed by atoms with Gasteiger partial charge in [-0.15, -0.1) is 0 Å². The van der Waals surface area contributed by atoms with Gasteiger partial charge in [-0.2, -0.15) is 4.98 Å². The molecule has 0 atom stereocenters. The number of alkyl halides is 2. The summed E-state index contributed by atoms with van der Waals surface area (Å²) >= 11 is 6.10. The topological polar surface area (TPSA) is 65.9 Å². The zero-order chi connectivity index (χ0) is 22.7. The second-order valence-corrected chi connectivity index (χ2v) is 8.93. The quantitative estimate of drug-likeness (QED) is 0.484. The molecule has 3 aliphatic heterocycles. The van der Waals surface area contributed by atoms with Crippen molar-refractivity contribution in [3.63, 3.8) is 0 Å². The Balaban J connectivity index is 1.57. The maximum absolute atomic E-state index is 13.9. The maximum atomic E-state index is 13.9. The van der Waals surface area contributed by atoms with Gasteiger partial charge in [0, 0.05) is 30.0 Å². The molecule has 0 aromatic carbocycles. The number of hydrogen-bond acceptors (Lipinski definition) is 7. The van der Waals surface area contributed by atoms with Crippen molar-refractivity contribution in [2.24, 2.45) is 4.99 Å². The van der Waals surface area contributed by atoms with E-state index < -0.39 is 5.92 Å². The lowest BCUT2D eigenvalue weighted by molar-refractivity contribution is -0.0713. The van der Waals surface area contributed by atoms with Gasteiger partial charge in [-0.1, -0.05) is 17.7 Å². The van der Waals surface area contributed by atoms with E-state index in [1.165, 1.54) is 0 Å². The number of nitrogens with one attached hydrogen (secondary N) is 1. The smallest absolute Gasteiger partial charge is 0.267 e. The highest BCUT2D eigenvalue weighted by molar-refractivity contribution is 6.31. The molecule has 10 heteroatoms. The molecule has 3 aliphatic rings. The first-order chi connectivity index (χ1) is 15.4. The predicted molar refractivity (Wildman–Crippen MR) is 123 cm³/mol. The fourth-order valence-electron chi connectivity index (χ4n) is 4.23. The number of likely N-dealkylation sites (tertiary alicyclic amines) is 1. The highest BCUT2D eigenvalue weighted by Crippen LogP contribution is 2.34. The number of nitrogens with zero attached hydrogens (tertiary/aromatic N) is 5. The summed E-state index contributed by atoms with van der Waals surface area (Å²) in [7, 11) is 0. The summed E-state index contributed by atoms with van der Waals surface area (Å²) < 4.78 is 33.0. The van der Waals surface area contributed by atoms with Gasteiger partial charge in [0.05, 0.1) is 31.5 Å². The van der Waals surface area contributed by atoms with Crippen molar-refractivity contribution in [2.45, 2.75) is 44.1 Å². The van der Waals surface area contributed by atoms with Crippen molar-refractivity contribution in [1.82, 2.24) is 14.9 Å². The van der Waals surface area contributed by atoms with Crippen molar-refractivity contribution >= 4 is 30.1 Å². The van der Waals surface area contributed by atoms with E-state index in [0.29, 0.717) is 28.7 Å². The van der Waals surface area contributed by atoms with Gasteiger partial charge >= 0.3 is 0 Å². The van der Waals surface area contributed by atoms with Crippen LogP contribution in [0.25, 0.3) is 0 Å². The summed E-state index contributed by atoms with van der Waals surface area (Å²) in [6.45, 7) is 8.80. The van der Waals surface area contributed by atoms with Gasteiger partial charge in [0.1, 0.15) is 11.6 Å². The van der Waals surface area contributed by atoms with Gasteiger partial charge in [0.25, 0.3) is 5.92 Å². The lowest BCUT2D eigenvalue weighted by Gasteiger charge is -2.41. The molecule has 0 bridgehead atoms. The third-order valence-electron chi connectivity index (χ3n) is 6.25. The standard InChI is InChI=1S/C22H29ClF2N6O/c1-3-16(23)10-19(26-2)28-20-11-18(15-4-7-30(8-5-15)17-12-32-13-17)27-21(29-20)31-9-6-22(24,25)14-31/h3,10-11,15,17H,2,4-9,12-14H2,1H3,(H,27,28,29)/b16-3+,19-10+. The predicted octanol–water partition coefficient (Wildman–Crippen LogP) is 4.00. The number of halogens is 3. The Morgan fingerprint density at radius 1 is 1.31 bits per heavy atom. The Hall–Kier alpha value is -2.10. The first-order valence-corrected chi connectivity index (χ1v) is 11.4. The molecular weight excluding hydrogens is 438 g/mol. The lowest BCUT2D eigenvalue weighted by atomic mass is 9.92. The van der Waals surface area contributed by atoms with Crippen LogP contribution >= 0.6 is 11.6 Å². The molecule has 0 unspecified atom stereocenters. The monoisotopic (exact) mass is 466 g/mol. The van der Waals surface area contributed by atoms with Crippen molar-refractivity contribution in [3.05, 3.63) is 34.8 Å². The average molecular weight is 467 g/mol. The van der Waals surface area contributed by atoms with Gasteiger partial charge in [0.15, 0.2) is 0 Å². The van der Waals surface area contributed by atoms with Gasteiger partial charge in [-0.25, -0.2) is 18.8 Å². The van der Waals surface area contributed by atoms with Gasteiger partial charge in [-0.3, -0.25) is 4.90 Å². The van der Waals surface area contributed by atoms with Crippen LogP contribution in [0, 0.1) is 0 Å². The average Bonchev–Trinajstić information content (AvgIpc) is 3.12. The first-order valence-electron chi connectivity index (χ1n) is 11.0. The summed E-state index contributed by atoms with van der Waals surface area (Å²) in [6, 6.07) is 2.40. The van der Waals surface area contributed by atoms with Crippen LogP contribution in [-0.4, -0.2) is 72.9 Å². The normalized spacial score (nSPS) is 23.3. The number of allylic oxidation sites excluding steroid dienone is 3. The molecule has 0 aliphatic carbocycles. The zero-order valence-electron chi connectivity index (χ0n) is 18.2. The molecule has 0 spiro atoms. The highest BCUT2D eigenvalue weighted by atomic mass is 35.5. The van der Waals surface area contributed by atoms with E-state index in [4.69, 9.17) is 21.3 Å². The van der Waals surface area contributed by atoms with Crippen LogP contribution in [0.3, 0.4) is 0 Å². The molecule has 3 fully saturated rings. The molecule has 1 aromatic heterocycles. The fraction of sp³-hybridized carbons (Fsp3) is 0.591.